The summed E-state index contributed by atoms with van der Waals surface area (Å²) in [5, 5.41) is 12.7. The highest BCUT2D eigenvalue weighted by atomic mass is 19.4. The summed E-state index contributed by atoms with van der Waals surface area (Å²) in [6.07, 6.45) is -4.58. The van der Waals surface area contributed by atoms with Gasteiger partial charge >= 0.3 is 6.18 Å². The number of ether oxygens (including phenoxy) is 1. The number of hydrogen-bond acceptors (Lipinski definition) is 3. The van der Waals surface area contributed by atoms with E-state index in [1.807, 2.05) is 6.07 Å². The Labute approximate surface area is 142 Å². The van der Waals surface area contributed by atoms with E-state index in [9.17, 15) is 23.1 Å². The fourth-order valence-corrected chi connectivity index (χ4v) is 2.63. The molecule has 0 saturated heterocycles. The van der Waals surface area contributed by atoms with E-state index >= 15 is 0 Å². The van der Waals surface area contributed by atoms with Gasteiger partial charge in [-0.05, 0) is 47.5 Å². The molecule has 2 N–H and O–H groups in total. The van der Waals surface area contributed by atoms with Crippen LogP contribution in [0.3, 0.4) is 0 Å². The van der Waals surface area contributed by atoms with Crippen LogP contribution in [0, 0.1) is 0 Å². The highest BCUT2D eigenvalue weighted by Gasteiger charge is 2.30. The van der Waals surface area contributed by atoms with Crippen LogP contribution in [0.1, 0.15) is 33.2 Å². The van der Waals surface area contributed by atoms with Crippen LogP contribution >= 0.6 is 0 Å². The first kappa shape index (κ1) is 17.3. The van der Waals surface area contributed by atoms with Crippen molar-refractivity contribution in [3.8, 4) is 5.75 Å². The molecule has 0 spiro atoms. The number of benzene rings is 2. The van der Waals surface area contributed by atoms with E-state index < -0.39 is 23.8 Å². The number of fused-ring (bicyclic) bond motifs is 1. The van der Waals surface area contributed by atoms with Crippen LogP contribution in [0.15, 0.2) is 42.5 Å². The van der Waals surface area contributed by atoms with Gasteiger partial charge in [0.1, 0.15) is 5.75 Å². The van der Waals surface area contributed by atoms with Crippen LogP contribution in [0.4, 0.5) is 13.2 Å². The van der Waals surface area contributed by atoms with Gasteiger partial charge in [0.05, 0.1) is 18.3 Å². The van der Waals surface area contributed by atoms with Gasteiger partial charge in [0.2, 0.25) is 0 Å². The predicted molar refractivity (Wildman–Crippen MR) is 84.4 cm³/mol. The smallest absolute Gasteiger partial charge is 0.416 e. The van der Waals surface area contributed by atoms with Crippen molar-refractivity contribution in [2.24, 2.45) is 0 Å². The van der Waals surface area contributed by atoms with Gasteiger partial charge in [0.25, 0.3) is 5.91 Å². The lowest BCUT2D eigenvalue weighted by Crippen LogP contribution is -2.28. The summed E-state index contributed by atoms with van der Waals surface area (Å²) in [7, 11) is 0. The maximum atomic E-state index is 12.5. The molecule has 0 unspecified atom stereocenters. The Balaban J connectivity index is 1.60. The standard InChI is InChI=1S/C18H16F3NO3/c19-18(20,21)14-4-1-11(2-5-14)17(24)22-10-15(23)12-3-6-16-13(9-12)7-8-25-16/h1-6,9,15,23H,7-8,10H2,(H,22,24)/t15-/m0/s1. The van der Waals surface area contributed by atoms with Crippen molar-refractivity contribution in [2.45, 2.75) is 18.7 Å². The molecule has 0 saturated carbocycles. The molecule has 0 aliphatic carbocycles. The van der Waals surface area contributed by atoms with Gasteiger partial charge in [-0.3, -0.25) is 4.79 Å². The highest BCUT2D eigenvalue weighted by molar-refractivity contribution is 5.94. The van der Waals surface area contributed by atoms with Gasteiger partial charge in [-0.25, -0.2) is 0 Å². The zero-order valence-corrected chi connectivity index (χ0v) is 13.1. The van der Waals surface area contributed by atoms with E-state index in [4.69, 9.17) is 4.74 Å². The van der Waals surface area contributed by atoms with E-state index in [-0.39, 0.29) is 12.1 Å². The quantitative estimate of drug-likeness (QED) is 0.890. The number of alkyl halides is 3. The second-order valence-electron chi connectivity index (χ2n) is 5.77. The molecule has 1 amide bonds. The monoisotopic (exact) mass is 351 g/mol. The third kappa shape index (κ3) is 3.93. The van der Waals surface area contributed by atoms with Crippen LogP contribution in [0.2, 0.25) is 0 Å². The largest absolute Gasteiger partial charge is 0.493 e. The van der Waals surface area contributed by atoms with Crippen molar-refractivity contribution >= 4 is 5.91 Å². The molecule has 1 heterocycles. The third-order valence-corrected chi connectivity index (χ3v) is 4.03. The van der Waals surface area contributed by atoms with E-state index in [1.165, 1.54) is 0 Å². The first-order valence-electron chi connectivity index (χ1n) is 7.74. The lowest BCUT2D eigenvalue weighted by Gasteiger charge is -2.14. The molecule has 0 bridgehead atoms. The number of amides is 1. The second kappa shape index (κ2) is 6.76. The first-order chi connectivity index (χ1) is 11.8. The maximum absolute atomic E-state index is 12.5. The lowest BCUT2D eigenvalue weighted by molar-refractivity contribution is -0.137. The molecule has 0 radical (unpaired) electrons. The predicted octanol–water partition coefficient (Wildman–Crippen LogP) is 3.10. The molecular weight excluding hydrogens is 335 g/mol. The zero-order valence-electron chi connectivity index (χ0n) is 13.1. The minimum atomic E-state index is -4.44. The number of nitrogens with one attached hydrogen (secondary N) is 1. The molecule has 132 valence electrons. The molecule has 1 atom stereocenters. The van der Waals surface area contributed by atoms with Gasteiger partial charge in [0.15, 0.2) is 0 Å². The number of hydrogen-bond donors (Lipinski definition) is 2. The van der Waals surface area contributed by atoms with E-state index in [1.54, 1.807) is 12.1 Å². The minimum Gasteiger partial charge on any atom is -0.493 e. The average Bonchev–Trinajstić information content (AvgIpc) is 3.06. The number of aliphatic hydroxyl groups is 1. The van der Waals surface area contributed by atoms with Crippen LogP contribution in [-0.4, -0.2) is 24.2 Å². The molecule has 2 aromatic rings. The van der Waals surface area contributed by atoms with Crippen molar-refractivity contribution < 1.29 is 27.8 Å². The Hall–Kier alpha value is -2.54. The second-order valence-corrected chi connectivity index (χ2v) is 5.77. The van der Waals surface area contributed by atoms with Crippen molar-refractivity contribution in [3.63, 3.8) is 0 Å². The van der Waals surface area contributed by atoms with Gasteiger partial charge in [-0.2, -0.15) is 13.2 Å². The Bertz CT molecular complexity index is 772. The Morgan fingerprint density at radius 2 is 1.92 bits per heavy atom. The maximum Gasteiger partial charge on any atom is 0.416 e. The van der Waals surface area contributed by atoms with Crippen molar-refractivity contribution in [1.82, 2.24) is 5.32 Å². The topological polar surface area (TPSA) is 58.6 Å². The molecule has 3 rings (SSSR count). The number of carbonyl (C=O) groups is 1. The normalized spacial score (nSPS) is 14.6. The number of halogens is 3. The van der Waals surface area contributed by atoms with Gasteiger partial charge in [-0.15, -0.1) is 0 Å². The van der Waals surface area contributed by atoms with E-state index in [0.717, 1.165) is 42.0 Å². The first-order valence-corrected chi connectivity index (χ1v) is 7.74. The fraction of sp³-hybridized carbons (Fsp3) is 0.278. The molecule has 7 heteroatoms. The highest BCUT2D eigenvalue weighted by Crippen LogP contribution is 2.29. The van der Waals surface area contributed by atoms with Gasteiger partial charge in [0, 0.05) is 18.5 Å². The molecule has 1 aliphatic heterocycles. The summed E-state index contributed by atoms with van der Waals surface area (Å²) in [4.78, 5) is 12.0. The minimum absolute atomic E-state index is 0.0422. The summed E-state index contributed by atoms with van der Waals surface area (Å²) in [5.74, 6) is 0.252. The van der Waals surface area contributed by atoms with E-state index in [0.29, 0.717) is 12.2 Å². The summed E-state index contributed by atoms with van der Waals surface area (Å²) in [6, 6.07) is 9.25. The Morgan fingerprint density at radius 3 is 2.60 bits per heavy atom. The van der Waals surface area contributed by atoms with Crippen molar-refractivity contribution in [1.29, 1.82) is 0 Å². The summed E-state index contributed by atoms with van der Waals surface area (Å²) >= 11 is 0. The van der Waals surface area contributed by atoms with Gasteiger partial charge in [-0.1, -0.05) is 6.07 Å². The van der Waals surface area contributed by atoms with Crippen LogP contribution in [0.5, 0.6) is 5.75 Å². The van der Waals surface area contributed by atoms with Crippen LogP contribution in [-0.2, 0) is 12.6 Å². The molecule has 25 heavy (non-hydrogen) atoms. The number of carbonyl (C=O) groups excluding carboxylic acids is 1. The van der Waals surface area contributed by atoms with E-state index in [2.05, 4.69) is 5.32 Å². The van der Waals surface area contributed by atoms with Crippen molar-refractivity contribution in [3.05, 3.63) is 64.7 Å². The van der Waals surface area contributed by atoms with Crippen molar-refractivity contribution in [2.75, 3.05) is 13.2 Å². The fourth-order valence-electron chi connectivity index (χ4n) is 2.63. The molecule has 1 aliphatic rings. The van der Waals surface area contributed by atoms with Crippen LogP contribution < -0.4 is 10.1 Å². The Morgan fingerprint density at radius 1 is 1.20 bits per heavy atom. The molecule has 2 aromatic carbocycles. The Kier molecular flexibility index (Phi) is 4.67. The molecule has 0 aromatic heterocycles. The van der Waals surface area contributed by atoms with Crippen LogP contribution in [0.25, 0.3) is 0 Å². The summed E-state index contributed by atoms with van der Waals surface area (Å²) < 4.78 is 42.9. The van der Waals surface area contributed by atoms with Gasteiger partial charge < -0.3 is 15.2 Å². The summed E-state index contributed by atoms with van der Waals surface area (Å²) in [5.41, 5.74) is 0.939. The number of rotatable bonds is 4. The third-order valence-electron chi connectivity index (χ3n) is 4.03. The average molecular weight is 351 g/mol. The lowest BCUT2D eigenvalue weighted by atomic mass is 10.0. The molecule has 4 nitrogen and oxygen atoms in total. The zero-order chi connectivity index (χ0) is 18.0. The molecular formula is C18H16F3NO3. The summed E-state index contributed by atoms with van der Waals surface area (Å²) in [6.45, 7) is 0.568. The number of aliphatic hydroxyl groups excluding tert-OH is 1. The SMILES string of the molecule is O=C(NC[C@H](O)c1ccc2c(c1)CCO2)c1ccc(C(F)(F)F)cc1. The molecule has 0 fully saturated rings.